The van der Waals surface area contributed by atoms with Gasteiger partial charge in [-0.2, -0.15) is 0 Å². The third-order valence-corrected chi connectivity index (χ3v) is 4.51. The lowest BCUT2D eigenvalue weighted by Gasteiger charge is -2.41. The second-order valence-electron chi connectivity index (χ2n) is 6.70. The highest BCUT2D eigenvalue weighted by Gasteiger charge is 2.38. The number of hydrogen-bond acceptors (Lipinski definition) is 4. The average molecular weight is 372 g/mol. The van der Waals surface area contributed by atoms with Crippen LogP contribution in [0, 0.1) is 5.82 Å². The summed E-state index contributed by atoms with van der Waals surface area (Å²) in [6.45, 7) is 0.802. The van der Waals surface area contributed by atoms with Crippen molar-refractivity contribution in [3.8, 4) is 5.75 Å². The Hall–Kier alpha value is -2.93. The molecule has 0 radical (unpaired) electrons. The van der Waals surface area contributed by atoms with Crippen LogP contribution < -0.4 is 4.74 Å². The van der Waals surface area contributed by atoms with Gasteiger partial charge in [-0.25, -0.2) is 9.18 Å². The Morgan fingerprint density at radius 2 is 1.78 bits per heavy atom. The number of carbonyl (C=O) groups excluding carboxylic acids is 1. The molecule has 1 aliphatic heterocycles. The van der Waals surface area contributed by atoms with Crippen LogP contribution in [-0.2, 0) is 4.79 Å². The standard InChI is InChI=1S/C20H21FN2O4/c1-22(2)18(16-5-3-4-6-17(16)21)19(24)23-11-15(12-23)27-14-9-7-13(8-10-14)20(25)26/h3-10,15,18H,11-12H2,1-2H3,(H,25,26). The second-order valence-corrected chi connectivity index (χ2v) is 6.70. The van der Waals surface area contributed by atoms with Crippen molar-refractivity contribution in [1.29, 1.82) is 0 Å². The number of amides is 1. The van der Waals surface area contributed by atoms with Gasteiger partial charge in [-0.05, 0) is 44.4 Å². The molecule has 1 fully saturated rings. The zero-order chi connectivity index (χ0) is 19.6. The molecule has 1 unspecified atom stereocenters. The Morgan fingerprint density at radius 1 is 1.15 bits per heavy atom. The first-order valence-electron chi connectivity index (χ1n) is 8.56. The Labute approximate surface area is 156 Å². The largest absolute Gasteiger partial charge is 0.487 e. The number of carboxylic acid groups (broad SMARTS) is 1. The van der Waals surface area contributed by atoms with Gasteiger partial charge in [-0.3, -0.25) is 9.69 Å². The van der Waals surface area contributed by atoms with Gasteiger partial charge in [-0.15, -0.1) is 0 Å². The van der Waals surface area contributed by atoms with Crippen molar-refractivity contribution in [3.63, 3.8) is 0 Å². The maximum atomic E-state index is 14.1. The summed E-state index contributed by atoms with van der Waals surface area (Å²) in [7, 11) is 3.49. The van der Waals surface area contributed by atoms with E-state index in [9.17, 15) is 14.0 Å². The molecule has 2 aromatic rings. The summed E-state index contributed by atoms with van der Waals surface area (Å²) in [6.07, 6.45) is -0.173. The van der Waals surface area contributed by atoms with Gasteiger partial charge in [-0.1, -0.05) is 18.2 Å². The van der Waals surface area contributed by atoms with Crippen molar-refractivity contribution in [2.75, 3.05) is 27.2 Å². The van der Waals surface area contributed by atoms with Crippen molar-refractivity contribution >= 4 is 11.9 Å². The van der Waals surface area contributed by atoms with Gasteiger partial charge in [0.15, 0.2) is 0 Å². The molecule has 1 amide bonds. The van der Waals surface area contributed by atoms with Crippen LogP contribution in [0.2, 0.25) is 0 Å². The normalized spacial score (nSPS) is 15.3. The van der Waals surface area contributed by atoms with E-state index >= 15 is 0 Å². The molecule has 1 aliphatic rings. The highest BCUT2D eigenvalue weighted by Crippen LogP contribution is 2.27. The number of rotatable bonds is 6. The van der Waals surface area contributed by atoms with E-state index in [1.54, 1.807) is 54.2 Å². The van der Waals surface area contributed by atoms with Crippen LogP contribution in [-0.4, -0.2) is 60.1 Å². The number of carbonyl (C=O) groups is 2. The van der Waals surface area contributed by atoms with Crippen molar-refractivity contribution in [2.45, 2.75) is 12.1 Å². The zero-order valence-electron chi connectivity index (χ0n) is 15.1. The Bertz CT molecular complexity index is 832. The summed E-state index contributed by atoms with van der Waals surface area (Å²) in [5.74, 6) is -1.03. The lowest BCUT2D eigenvalue weighted by Crippen LogP contribution is -2.58. The monoisotopic (exact) mass is 372 g/mol. The minimum absolute atomic E-state index is 0.173. The Balaban J connectivity index is 1.61. The number of benzene rings is 2. The smallest absolute Gasteiger partial charge is 0.335 e. The Morgan fingerprint density at radius 3 is 2.33 bits per heavy atom. The molecular weight excluding hydrogens is 351 g/mol. The van der Waals surface area contributed by atoms with Crippen LogP contribution in [0.3, 0.4) is 0 Å². The van der Waals surface area contributed by atoms with E-state index in [4.69, 9.17) is 9.84 Å². The van der Waals surface area contributed by atoms with E-state index in [0.29, 0.717) is 24.4 Å². The van der Waals surface area contributed by atoms with Crippen molar-refractivity contribution in [1.82, 2.24) is 9.80 Å². The third-order valence-electron chi connectivity index (χ3n) is 4.51. The number of hydrogen-bond donors (Lipinski definition) is 1. The molecule has 142 valence electrons. The number of carboxylic acids is 1. The van der Waals surface area contributed by atoms with Gasteiger partial charge in [0.1, 0.15) is 23.7 Å². The Kier molecular flexibility index (Phi) is 5.41. The van der Waals surface area contributed by atoms with Gasteiger partial charge < -0.3 is 14.7 Å². The molecule has 0 aliphatic carbocycles. The van der Waals surface area contributed by atoms with Gasteiger partial charge in [0.2, 0.25) is 5.91 Å². The number of likely N-dealkylation sites (N-methyl/N-ethyl adjacent to an activating group) is 1. The molecule has 3 rings (SSSR count). The molecule has 6 nitrogen and oxygen atoms in total. The number of aromatic carboxylic acids is 1. The molecule has 0 bridgehead atoms. The van der Waals surface area contributed by atoms with Crippen LogP contribution in [0.1, 0.15) is 22.0 Å². The molecule has 1 heterocycles. The van der Waals surface area contributed by atoms with Crippen LogP contribution in [0.4, 0.5) is 4.39 Å². The molecule has 0 spiro atoms. The van der Waals surface area contributed by atoms with Crippen LogP contribution in [0.5, 0.6) is 5.75 Å². The minimum Gasteiger partial charge on any atom is -0.487 e. The topological polar surface area (TPSA) is 70.1 Å². The molecule has 1 N–H and O–H groups in total. The van der Waals surface area contributed by atoms with Gasteiger partial charge >= 0.3 is 5.97 Å². The first-order valence-corrected chi connectivity index (χ1v) is 8.56. The molecule has 2 aromatic carbocycles. The fourth-order valence-corrected chi connectivity index (χ4v) is 3.06. The summed E-state index contributed by atoms with van der Waals surface area (Å²) in [5, 5.41) is 8.91. The van der Waals surface area contributed by atoms with Crippen LogP contribution >= 0.6 is 0 Å². The molecule has 0 saturated carbocycles. The lowest BCUT2D eigenvalue weighted by atomic mass is 10.0. The number of nitrogens with zero attached hydrogens (tertiary/aromatic N) is 2. The number of likely N-dealkylation sites (tertiary alicyclic amines) is 1. The molecule has 27 heavy (non-hydrogen) atoms. The SMILES string of the molecule is CN(C)C(C(=O)N1CC(Oc2ccc(C(=O)O)cc2)C1)c1ccccc1F. The fraction of sp³-hybridized carbons (Fsp3) is 0.300. The quantitative estimate of drug-likeness (QED) is 0.843. The maximum absolute atomic E-state index is 14.1. The molecule has 7 heteroatoms. The summed E-state index contributed by atoms with van der Waals surface area (Å²) < 4.78 is 19.9. The molecular formula is C20H21FN2O4. The van der Waals surface area contributed by atoms with Crippen LogP contribution in [0.25, 0.3) is 0 Å². The molecule has 1 atom stereocenters. The van der Waals surface area contributed by atoms with Gasteiger partial charge in [0, 0.05) is 5.56 Å². The predicted octanol–water partition coefficient (Wildman–Crippen LogP) is 2.42. The number of halogens is 1. The van der Waals surface area contributed by atoms with E-state index in [1.165, 1.54) is 18.2 Å². The second kappa shape index (κ2) is 7.75. The van der Waals surface area contributed by atoms with Crippen molar-refractivity contribution in [3.05, 3.63) is 65.5 Å². The molecule has 1 saturated heterocycles. The lowest BCUT2D eigenvalue weighted by molar-refractivity contribution is -0.145. The zero-order valence-corrected chi connectivity index (χ0v) is 15.1. The van der Waals surface area contributed by atoms with Gasteiger partial charge in [0.05, 0.1) is 18.7 Å². The van der Waals surface area contributed by atoms with E-state index in [0.717, 1.165) is 0 Å². The van der Waals surface area contributed by atoms with E-state index in [1.807, 2.05) is 0 Å². The summed E-state index contributed by atoms with van der Waals surface area (Å²) in [6, 6.07) is 11.7. The van der Waals surface area contributed by atoms with E-state index in [-0.39, 0.29) is 17.6 Å². The van der Waals surface area contributed by atoms with Crippen molar-refractivity contribution < 1.29 is 23.8 Å². The third kappa shape index (κ3) is 4.09. The van der Waals surface area contributed by atoms with Crippen LogP contribution in [0.15, 0.2) is 48.5 Å². The summed E-state index contributed by atoms with van der Waals surface area (Å²) >= 11 is 0. The highest BCUT2D eigenvalue weighted by atomic mass is 19.1. The summed E-state index contributed by atoms with van der Waals surface area (Å²) in [4.78, 5) is 27.0. The first kappa shape index (κ1) is 18.8. The highest BCUT2D eigenvalue weighted by molar-refractivity contribution is 5.87. The minimum atomic E-state index is -0.996. The fourth-order valence-electron chi connectivity index (χ4n) is 3.06. The first-order chi connectivity index (χ1) is 12.9. The number of ether oxygens (including phenoxy) is 1. The maximum Gasteiger partial charge on any atom is 0.335 e. The van der Waals surface area contributed by atoms with E-state index in [2.05, 4.69) is 0 Å². The van der Waals surface area contributed by atoms with Gasteiger partial charge in [0.25, 0.3) is 0 Å². The summed E-state index contributed by atoms with van der Waals surface area (Å²) in [5.41, 5.74) is 0.535. The predicted molar refractivity (Wildman–Crippen MR) is 97.2 cm³/mol. The average Bonchev–Trinajstić information content (AvgIpc) is 2.59. The molecule has 0 aromatic heterocycles. The van der Waals surface area contributed by atoms with E-state index < -0.39 is 17.8 Å². The van der Waals surface area contributed by atoms with Crippen molar-refractivity contribution in [2.24, 2.45) is 0 Å².